The maximum absolute atomic E-state index is 12.4. The van der Waals surface area contributed by atoms with Crippen molar-refractivity contribution < 1.29 is 18.0 Å². The number of carbonyl (C=O) groups is 1. The van der Waals surface area contributed by atoms with Crippen LogP contribution in [0.15, 0.2) is 0 Å². The number of alkyl halides is 3. The fourth-order valence-electron chi connectivity index (χ4n) is 1.90. The Hall–Kier alpha value is -0.820. The Balaban J connectivity index is 2.46. The summed E-state index contributed by atoms with van der Waals surface area (Å²) < 4.78 is 37.1. The lowest BCUT2D eigenvalue weighted by Crippen LogP contribution is -2.51. The summed E-state index contributed by atoms with van der Waals surface area (Å²) in [5, 5.41) is 0. The molecule has 0 aliphatic carbocycles. The van der Waals surface area contributed by atoms with Gasteiger partial charge in [-0.3, -0.25) is 15.1 Å². The molecule has 0 aromatic rings. The molecule has 1 amide bonds. The van der Waals surface area contributed by atoms with Gasteiger partial charge in [0.25, 0.3) is 5.91 Å². The number of carbonyl (C=O) groups excluding carboxylic acids is 1. The summed E-state index contributed by atoms with van der Waals surface area (Å²) in [5.41, 5.74) is 2.00. The van der Waals surface area contributed by atoms with Crippen LogP contribution in [0.3, 0.4) is 0 Å². The predicted molar refractivity (Wildman–Crippen MR) is 52.1 cm³/mol. The average Bonchev–Trinajstić information content (AvgIpc) is 2.26. The zero-order valence-corrected chi connectivity index (χ0v) is 9.05. The molecule has 1 saturated heterocycles. The number of nitrogens with one attached hydrogen (secondary N) is 1. The van der Waals surface area contributed by atoms with Crippen LogP contribution in [0.5, 0.6) is 0 Å². The molecule has 1 atom stereocenters. The number of halogens is 3. The van der Waals surface area contributed by atoms with Crippen LogP contribution < -0.4 is 11.3 Å². The van der Waals surface area contributed by atoms with E-state index in [0.29, 0.717) is 0 Å². The molecular weight excluding hydrogens is 223 g/mol. The van der Waals surface area contributed by atoms with Crippen molar-refractivity contribution in [2.45, 2.75) is 32.0 Å². The van der Waals surface area contributed by atoms with Crippen molar-refractivity contribution in [2.75, 3.05) is 13.1 Å². The summed E-state index contributed by atoms with van der Waals surface area (Å²) >= 11 is 0. The summed E-state index contributed by atoms with van der Waals surface area (Å²) in [7, 11) is 0. The number of likely N-dealkylation sites (tertiary alicyclic amines) is 1. The van der Waals surface area contributed by atoms with Gasteiger partial charge in [0.2, 0.25) is 0 Å². The normalized spacial score (nSPS) is 21.8. The van der Waals surface area contributed by atoms with E-state index < -0.39 is 18.1 Å². The molecule has 0 spiro atoms. The second kappa shape index (κ2) is 5.01. The second-order valence-electron chi connectivity index (χ2n) is 4.04. The van der Waals surface area contributed by atoms with E-state index in [2.05, 4.69) is 0 Å². The number of piperidine rings is 1. The molecule has 1 aliphatic heterocycles. The van der Waals surface area contributed by atoms with Crippen LogP contribution in [-0.4, -0.2) is 36.1 Å². The Labute approximate surface area is 91.9 Å². The highest BCUT2D eigenvalue weighted by atomic mass is 19.4. The lowest BCUT2D eigenvalue weighted by molar-refractivity contribution is -0.186. The van der Waals surface area contributed by atoms with Gasteiger partial charge >= 0.3 is 6.18 Å². The highest BCUT2D eigenvalue weighted by Crippen LogP contribution is 2.34. The molecule has 4 nitrogen and oxygen atoms in total. The van der Waals surface area contributed by atoms with Crippen molar-refractivity contribution in [1.82, 2.24) is 10.3 Å². The first kappa shape index (κ1) is 13.2. The van der Waals surface area contributed by atoms with Crippen molar-refractivity contribution in [3.63, 3.8) is 0 Å². The molecule has 0 aromatic heterocycles. The molecule has 7 heteroatoms. The summed E-state index contributed by atoms with van der Waals surface area (Å²) in [6.45, 7) is 2.19. The summed E-state index contributed by atoms with van der Waals surface area (Å²) in [6, 6.07) is -0.473. The maximum Gasteiger partial charge on any atom is 0.391 e. The Morgan fingerprint density at radius 2 is 1.94 bits per heavy atom. The van der Waals surface area contributed by atoms with E-state index in [0.717, 1.165) is 0 Å². The van der Waals surface area contributed by atoms with Crippen molar-refractivity contribution >= 4 is 5.91 Å². The van der Waals surface area contributed by atoms with E-state index in [1.165, 1.54) is 0 Å². The number of amides is 1. The number of nitrogens with zero attached hydrogens (tertiary/aromatic N) is 1. The van der Waals surface area contributed by atoms with Crippen molar-refractivity contribution in [2.24, 2.45) is 11.8 Å². The molecule has 0 bridgehead atoms. The number of rotatable bonds is 2. The molecule has 0 aromatic carbocycles. The highest BCUT2D eigenvalue weighted by molar-refractivity contribution is 5.80. The fraction of sp³-hybridized carbons (Fsp3) is 0.889. The molecule has 1 rings (SSSR count). The van der Waals surface area contributed by atoms with Crippen LogP contribution in [0.4, 0.5) is 13.2 Å². The second-order valence-corrected chi connectivity index (χ2v) is 4.04. The van der Waals surface area contributed by atoms with Gasteiger partial charge in [-0.15, -0.1) is 0 Å². The molecule has 1 aliphatic rings. The third-order valence-corrected chi connectivity index (χ3v) is 3.06. The molecule has 1 heterocycles. The minimum absolute atomic E-state index is 0.0473. The topological polar surface area (TPSA) is 58.4 Å². The van der Waals surface area contributed by atoms with Gasteiger partial charge in [0.15, 0.2) is 0 Å². The van der Waals surface area contributed by atoms with Crippen LogP contribution in [0.25, 0.3) is 0 Å². The molecule has 0 radical (unpaired) electrons. The van der Waals surface area contributed by atoms with Gasteiger partial charge in [0.1, 0.15) is 0 Å². The Kier molecular flexibility index (Phi) is 4.15. The standard InChI is InChI=1S/C9H16F3N3O/c1-6(8(16)14-13)15-4-2-7(3-5-15)9(10,11)12/h6-7H,2-5,13H2,1H3,(H,14,16). The lowest BCUT2D eigenvalue weighted by atomic mass is 9.95. The molecular formula is C9H16F3N3O. The van der Waals surface area contributed by atoms with Crippen LogP contribution in [-0.2, 0) is 4.79 Å². The first-order valence-corrected chi connectivity index (χ1v) is 5.17. The Bertz CT molecular complexity index is 249. The van der Waals surface area contributed by atoms with E-state index in [4.69, 9.17) is 5.84 Å². The van der Waals surface area contributed by atoms with Crippen molar-refractivity contribution in [3.8, 4) is 0 Å². The van der Waals surface area contributed by atoms with Gasteiger partial charge in [-0.2, -0.15) is 13.2 Å². The van der Waals surface area contributed by atoms with E-state index in [9.17, 15) is 18.0 Å². The molecule has 0 saturated carbocycles. The molecule has 1 fully saturated rings. The van der Waals surface area contributed by atoms with Gasteiger partial charge in [-0.25, -0.2) is 5.84 Å². The third kappa shape index (κ3) is 3.08. The summed E-state index contributed by atoms with van der Waals surface area (Å²) in [4.78, 5) is 12.9. The number of hydrogen-bond acceptors (Lipinski definition) is 3. The fourth-order valence-corrected chi connectivity index (χ4v) is 1.90. The first-order valence-electron chi connectivity index (χ1n) is 5.17. The minimum Gasteiger partial charge on any atom is -0.293 e. The van der Waals surface area contributed by atoms with Gasteiger partial charge in [0, 0.05) is 0 Å². The van der Waals surface area contributed by atoms with Gasteiger partial charge in [-0.05, 0) is 32.9 Å². The van der Waals surface area contributed by atoms with Crippen LogP contribution in [0.1, 0.15) is 19.8 Å². The van der Waals surface area contributed by atoms with Crippen LogP contribution >= 0.6 is 0 Å². The highest BCUT2D eigenvalue weighted by Gasteiger charge is 2.41. The largest absolute Gasteiger partial charge is 0.391 e. The lowest BCUT2D eigenvalue weighted by Gasteiger charge is -2.35. The summed E-state index contributed by atoms with van der Waals surface area (Å²) in [6.07, 6.45) is -4.02. The van der Waals surface area contributed by atoms with Crippen molar-refractivity contribution in [3.05, 3.63) is 0 Å². The molecule has 1 unspecified atom stereocenters. The van der Waals surface area contributed by atoms with E-state index in [1.807, 2.05) is 5.43 Å². The summed E-state index contributed by atoms with van der Waals surface area (Å²) in [5.74, 6) is 3.36. The third-order valence-electron chi connectivity index (χ3n) is 3.06. The molecule has 3 N–H and O–H groups in total. The first-order chi connectivity index (χ1) is 7.36. The number of hydrazine groups is 1. The monoisotopic (exact) mass is 239 g/mol. The maximum atomic E-state index is 12.4. The molecule has 94 valence electrons. The predicted octanol–water partition coefficient (Wildman–Crippen LogP) is 0.639. The minimum atomic E-state index is -4.12. The Morgan fingerprint density at radius 3 is 2.31 bits per heavy atom. The van der Waals surface area contributed by atoms with Gasteiger partial charge < -0.3 is 0 Å². The van der Waals surface area contributed by atoms with Gasteiger partial charge in [-0.1, -0.05) is 0 Å². The SMILES string of the molecule is CC(C(=O)NN)N1CCC(C(F)(F)F)CC1. The van der Waals surface area contributed by atoms with Crippen molar-refractivity contribution in [1.29, 1.82) is 0 Å². The number of nitrogens with two attached hydrogens (primary N) is 1. The zero-order chi connectivity index (χ0) is 12.3. The quantitative estimate of drug-likeness (QED) is 0.422. The zero-order valence-electron chi connectivity index (χ0n) is 9.05. The smallest absolute Gasteiger partial charge is 0.293 e. The molecule has 16 heavy (non-hydrogen) atoms. The van der Waals surface area contributed by atoms with E-state index >= 15 is 0 Å². The Morgan fingerprint density at radius 1 is 1.44 bits per heavy atom. The van der Waals surface area contributed by atoms with Crippen LogP contribution in [0, 0.1) is 5.92 Å². The van der Waals surface area contributed by atoms with Crippen LogP contribution in [0.2, 0.25) is 0 Å². The van der Waals surface area contributed by atoms with E-state index in [-0.39, 0.29) is 31.8 Å². The number of hydrogen-bond donors (Lipinski definition) is 2. The average molecular weight is 239 g/mol. The van der Waals surface area contributed by atoms with Gasteiger partial charge in [0.05, 0.1) is 12.0 Å². The van der Waals surface area contributed by atoms with E-state index in [1.54, 1.807) is 11.8 Å².